The van der Waals surface area contributed by atoms with E-state index < -0.39 is 30.0 Å². The van der Waals surface area contributed by atoms with Gasteiger partial charge in [-0.3, -0.25) is 4.79 Å². The first-order valence-electron chi connectivity index (χ1n) is 7.98. The normalized spacial score (nSPS) is 13.3. The van der Waals surface area contributed by atoms with E-state index in [2.05, 4.69) is 15.1 Å². The smallest absolute Gasteiger partial charge is 0.377 e. The second-order valence-corrected chi connectivity index (χ2v) is 5.96. The van der Waals surface area contributed by atoms with Crippen molar-refractivity contribution < 1.29 is 22.3 Å². The van der Waals surface area contributed by atoms with Crippen molar-refractivity contribution in [1.29, 1.82) is 0 Å². The standard InChI is InChI=1S/C17H16F4N4O2/c1-9(10-3-5-11(6-4-10)17(19,20)21)25-15-14(12(7-18)24-25)16(26)23-13(22-15)8-27-2/h3-6,9H,7-8H2,1-2H3,(H,22,23,26). The van der Waals surface area contributed by atoms with Crippen LogP contribution in [0, 0.1) is 0 Å². The molecule has 0 saturated carbocycles. The minimum absolute atomic E-state index is 0.0103. The zero-order chi connectivity index (χ0) is 19.8. The first-order valence-corrected chi connectivity index (χ1v) is 7.98. The van der Waals surface area contributed by atoms with E-state index in [1.165, 1.54) is 23.9 Å². The Bertz CT molecular complexity index is 1010. The second-order valence-electron chi connectivity index (χ2n) is 5.96. The van der Waals surface area contributed by atoms with Gasteiger partial charge in [-0.05, 0) is 24.6 Å². The quantitative estimate of drug-likeness (QED) is 0.685. The lowest BCUT2D eigenvalue weighted by Gasteiger charge is -2.15. The number of H-pyrrole nitrogens is 1. The molecule has 0 amide bonds. The third-order valence-corrected chi connectivity index (χ3v) is 4.18. The van der Waals surface area contributed by atoms with Crippen LogP contribution in [-0.2, 0) is 24.2 Å². The van der Waals surface area contributed by atoms with E-state index in [1.807, 2.05) is 0 Å². The summed E-state index contributed by atoms with van der Waals surface area (Å²) in [7, 11) is 1.43. The average molecular weight is 384 g/mol. The van der Waals surface area contributed by atoms with Crippen molar-refractivity contribution in [2.75, 3.05) is 7.11 Å². The van der Waals surface area contributed by atoms with Crippen LogP contribution in [0.3, 0.4) is 0 Å². The highest BCUT2D eigenvalue weighted by Gasteiger charge is 2.30. The molecule has 1 atom stereocenters. The molecule has 0 saturated heterocycles. The Morgan fingerprint density at radius 1 is 1.26 bits per heavy atom. The van der Waals surface area contributed by atoms with E-state index in [1.54, 1.807) is 6.92 Å². The molecular weight excluding hydrogens is 368 g/mol. The van der Waals surface area contributed by atoms with Crippen LogP contribution in [-0.4, -0.2) is 26.9 Å². The van der Waals surface area contributed by atoms with Crippen molar-refractivity contribution in [3.05, 3.63) is 57.3 Å². The molecule has 0 aliphatic carbocycles. The predicted molar refractivity (Wildman–Crippen MR) is 88.9 cm³/mol. The number of halogens is 4. The van der Waals surface area contributed by atoms with Crippen LogP contribution in [0.1, 0.15) is 35.6 Å². The molecule has 6 nitrogen and oxygen atoms in total. The molecule has 1 aromatic carbocycles. The first-order chi connectivity index (χ1) is 12.8. The van der Waals surface area contributed by atoms with Crippen LogP contribution < -0.4 is 5.56 Å². The van der Waals surface area contributed by atoms with E-state index >= 15 is 0 Å². The second kappa shape index (κ2) is 7.10. The Labute approximate surface area is 150 Å². The van der Waals surface area contributed by atoms with Gasteiger partial charge in [-0.2, -0.15) is 18.3 Å². The maximum atomic E-state index is 13.3. The van der Waals surface area contributed by atoms with Gasteiger partial charge in [-0.15, -0.1) is 0 Å². The maximum absolute atomic E-state index is 13.3. The van der Waals surface area contributed by atoms with Crippen LogP contribution in [0.2, 0.25) is 0 Å². The van der Waals surface area contributed by atoms with Gasteiger partial charge in [-0.25, -0.2) is 14.1 Å². The number of hydrogen-bond acceptors (Lipinski definition) is 4. The van der Waals surface area contributed by atoms with Gasteiger partial charge in [-0.1, -0.05) is 12.1 Å². The van der Waals surface area contributed by atoms with E-state index in [-0.39, 0.29) is 29.2 Å². The zero-order valence-electron chi connectivity index (χ0n) is 14.5. The number of hydrogen-bond donors (Lipinski definition) is 1. The third-order valence-electron chi connectivity index (χ3n) is 4.18. The molecule has 27 heavy (non-hydrogen) atoms. The van der Waals surface area contributed by atoms with Crippen LogP contribution in [0.15, 0.2) is 29.1 Å². The van der Waals surface area contributed by atoms with Crippen molar-refractivity contribution in [3.8, 4) is 0 Å². The number of nitrogens with one attached hydrogen (secondary N) is 1. The summed E-state index contributed by atoms with van der Waals surface area (Å²) in [5.74, 6) is 0.237. The number of fused-ring (bicyclic) bond motifs is 1. The monoisotopic (exact) mass is 384 g/mol. The molecule has 2 aromatic heterocycles. The number of rotatable bonds is 5. The van der Waals surface area contributed by atoms with E-state index in [0.29, 0.717) is 5.56 Å². The highest BCUT2D eigenvalue weighted by Crippen LogP contribution is 2.31. The third kappa shape index (κ3) is 3.57. The molecular formula is C17H16F4N4O2. The van der Waals surface area contributed by atoms with Crippen LogP contribution >= 0.6 is 0 Å². The maximum Gasteiger partial charge on any atom is 0.416 e. The van der Waals surface area contributed by atoms with Gasteiger partial charge in [0.2, 0.25) is 0 Å². The summed E-state index contributed by atoms with van der Waals surface area (Å²) in [6, 6.07) is 3.99. The Morgan fingerprint density at radius 2 is 1.93 bits per heavy atom. The van der Waals surface area contributed by atoms with Crippen LogP contribution in [0.25, 0.3) is 11.0 Å². The van der Waals surface area contributed by atoms with Crippen molar-refractivity contribution in [2.45, 2.75) is 32.4 Å². The minimum atomic E-state index is -4.44. The topological polar surface area (TPSA) is 72.8 Å². The molecule has 2 heterocycles. The molecule has 0 aliphatic rings. The van der Waals surface area contributed by atoms with Crippen molar-refractivity contribution in [2.24, 2.45) is 0 Å². The van der Waals surface area contributed by atoms with Crippen LogP contribution in [0.4, 0.5) is 17.6 Å². The minimum Gasteiger partial charge on any atom is -0.377 e. The summed E-state index contributed by atoms with van der Waals surface area (Å²) in [5, 5.41) is 4.12. The molecule has 144 valence electrons. The van der Waals surface area contributed by atoms with Gasteiger partial charge in [0.15, 0.2) is 5.65 Å². The van der Waals surface area contributed by atoms with Crippen molar-refractivity contribution in [3.63, 3.8) is 0 Å². The van der Waals surface area contributed by atoms with Gasteiger partial charge >= 0.3 is 6.18 Å². The predicted octanol–water partition coefficient (Wildman–Crippen LogP) is 3.36. The molecule has 1 N–H and O–H groups in total. The highest BCUT2D eigenvalue weighted by molar-refractivity contribution is 5.77. The molecule has 0 bridgehead atoms. The van der Waals surface area contributed by atoms with Gasteiger partial charge in [0.05, 0.1) is 11.6 Å². The fraction of sp³-hybridized carbons (Fsp3) is 0.353. The first kappa shape index (κ1) is 19.0. The lowest BCUT2D eigenvalue weighted by molar-refractivity contribution is -0.137. The molecule has 0 spiro atoms. The fourth-order valence-electron chi connectivity index (χ4n) is 2.82. The Morgan fingerprint density at radius 3 is 2.48 bits per heavy atom. The van der Waals surface area contributed by atoms with Gasteiger partial charge in [0, 0.05) is 7.11 Å². The summed E-state index contributed by atoms with van der Waals surface area (Å²) in [6.45, 7) is 0.740. The number of ether oxygens (including phenoxy) is 1. The summed E-state index contributed by atoms with van der Waals surface area (Å²) >= 11 is 0. The highest BCUT2D eigenvalue weighted by atomic mass is 19.4. The molecule has 1 unspecified atom stereocenters. The molecule has 0 fully saturated rings. The van der Waals surface area contributed by atoms with Gasteiger partial charge < -0.3 is 9.72 Å². The molecule has 0 radical (unpaired) electrons. The Kier molecular flexibility index (Phi) is 5.01. The molecule has 0 aliphatic heterocycles. The fourth-order valence-corrected chi connectivity index (χ4v) is 2.82. The lowest BCUT2D eigenvalue weighted by atomic mass is 10.1. The molecule has 3 rings (SSSR count). The number of alkyl halides is 4. The number of benzene rings is 1. The summed E-state index contributed by atoms with van der Waals surface area (Å²) in [5.41, 5.74) is -0.753. The summed E-state index contributed by atoms with van der Waals surface area (Å²) < 4.78 is 57.9. The summed E-state index contributed by atoms with van der Waals surface area (Å²) in [6.07, 6.45) is -4.44. The van der Waals surface area contributed by atoms with E-state index in [9.17, 15) is 22.4 Å². The number of aromatic nitrogens is 4. The number of aromatic amines is 1. The Hall–Kier alpha value is -2.75. The largest absolute Gasteiger partial charge is 0.416 e. The lowest BCUT2D eigenvalue weighted by Crippen LogP contribution is -2.15. The Balaban J connectivity index is 2.11. The SMILES string of the molecule is COCc1nc2c(c(CF)nn2C(C)c2ccc(C(F)(F)F)cc2)c(=O)[nH]1. The molecule has 3 aromatic rings. The molecule has 10 heteroatoms. The van der Waals surface area contributed by atoms with Gasteiger partial charge in [0.25, 0.3) is 5.56 Å². The van der Waals surface area contributed by atoms with Gasteiger partial charge in [0.1, 0.15) is 30.2 Å². The number of methoxy groups -OCH3 is 1. The van der Waals surface area contributed by atoms with Crippen LogP contribution in [0.5, 0.6) is 0 Å². The summed E-state index contributed by atoms with van der Waals surface area (Å²) in [4.78, 5) is 19.1. The van der Waals surface area contributed by atoms with E-state index in [4.69, 9.17) is 4.74 Å². The zero-order valence-corrected chi connectivity index (χ0v) is 14.5. The van der Waals surface area contributed by atoms with E-state index in [0.717, 1.165) is 12.1 Å². The average Bonchev–Trinajstić information content (AvgIpc) is 3.00. The number of nitrogens with zero attached hydrogens (tertiary/aromatic N) is 3. The van der Waals surface area contributed by atoms with Crippen molar-refractivity contribution >= 4 is 11.0 Å². The van der Waals surface area contributed by atoms with Crippen molar-refractivity contribution in [1.82, 2.24) is 19.7 Å².